The fourth-order valence-corrected chi connectivity index (χ4v) is 5.19. The minimum atomic E-state index is -0.765. The number of nitrogens with one attached hydrogen (secondary N) is 3. The zero-order valence-electron chi connectivity index (χ0n) is 16.7. The number of nitriles is 1. The van der Waals surface area contributed by atoms with Crippen molar-refractivity contribution >= 4 is 33.8 Å². The number of hydrogen-bond donors (Lipinski definition) is 3. The Labute approximate surface area is 174 Å². The fraction of sp³-hybridized carbons (Fsp3) is 0.409. The first kappa shape index (κ1) is 19.6. The number of anilines is 2. The molecule has 2 aliphatic rings. The van der Waals surface area contributed by atoms with E-state index in [1.807, 2.05) is 24.3 Å². The van der Waals surface area contributed by atoms with Gasteiger partial charge in [-0.1, -0.05) is 39.0 Å². The summed E-state index contributed by atoms with van der Waals surface area (Å²) in [7, 11) is 0. The van der Waals surface area contributed by atoms with E-state index < -0.39 is 11.5 Å². The standard InChI is InChI=1S/C22H24N4O2S/c1-21(2,3)11-17-22(14-6-4-5-7-15(14)25-20(22)28)10-16(24-17)19(27)26-18-9-8-13(12-23)29-18/h4-9,16-17,24H,10-11H2,1-3H3,(H,25,28)(H,26,27). The molecule has 2 amide bonds. The van der Waals surface area contributed by atoms with E-state index in [9.17, 15) is 9.59 Å². The lowest BCUT2D eigenvalue weighted by Crippen LogP contribution is -2.47. The van der Waals surface area contributed by atoms with E-state index in [1.165, 1.54) is 11.3 Å². The van der Waals surface area contributed by atoms with Crippen LogP contribution in [-0.2, 0) is 15.0 Å². The zero-order chi connectivity index (χ0) is 20.8. The molecule has 2 aliphatic heterocycles. The largest absolute Gasteiger partial charge is 0.325 e. The molecule has 0 radical (unpaired) electrons. The van der Waals surface area contributed by atoms with E-state index in [-0.39, 0.29) is 23.3 Å². The highest BCUT2D eigenvalue weighted by atomic mass is 32.1. The molecule has 3 unspecified atom stereocenters. The van der Waals surface area contributed by atoms with Gasteiger partial charge in [0.1, 0.15) is 10.9 Å². The smallest absolute Gasteiger partial charge is 0.242 e. The number of thiophene rings is 1. The normalized spacial score (nSPS) is 25.5. The first-order valence-electron chi connectivity index (χ1n) is 9.71. The number of hydrogen-bond acceptors (Lipinski definition) is 5. The van der Waals surface area contributed by atoms with Gasteiger partial charge in [0.05, 0.1) is 16.5 Å². The number of amides is 2. The summed E-state index contributed by atoms with van der Waals surface area (Å²) >= 11 is 1.24. The predicted molar refractivity (Wildman–Crippen MR) is 114 cm³/mol. The monoisotopic (exact) mass is 408 g/mol. The quantitative estimate of drug-likeness (QED) is 0.723. The lowest BCUT2D eigenvalue weighted by Gasteiger charge is -2.33. The van der Waals surface area contributed by atoms with E-state index in [0.717, 1.165) is 17.7 Å². The number of carbonyl (C=O) groups is 2. The van der Waals surface area contributed by atoms with Crippen LogP contribution in [0.25, 0.3) is 0 Å². The molecule has 1 aromatic heterocycles. The molecule has 2 aromatic rings. The van der Waals surface area contributed by atoms with Gasteiger partial charge in [0.25, 0.3) is 0 Å². The van der Waals surface area contributed by atoms with Crippen LogP contribution < -0.4 is 16.0 Å². The number of para-hydroxylation sites is 1. The van der Waals surface area contributed by atoms with Crippen molar-refractivity contribution in [3.8, 4) is 6.07 Å². The van der Waals surface area contributed by atoms with Gasteiger partial charge in [-0.3, -0.25) is 9.59 Å². The summed E-state index contributed by atoms with van der Waals surface area (Å²) in [6.07, 6.45) is 1.16. The average molecular weight is 409 g/mol. The topological polar surface area (TPSA) is 94.0 Å². The summed E-state index contributed by atoms with van der Waals surface area (Å²) < 4.78 is 0. The van der Waals surface area contributed by atoms with Gasteiger partial charge in [0.2, 0.25) is 11.8 Å². The molecule has 0 saturated carbocycles. The van der Waals surface area contributed by atoms with Gasteiger partial charge in [-0.05, 0) is 42.0 Å². The number of rotatable bonds is 3. The van der Waals surface area contributed by atoms with Crippen molar-refractivity contribution in [2.75, 3.05) is 10.6 Å². The summed E-state index contributed by atoms with van der Waals surface area (Å²) in [6.45, 7) is 6.43. The Kier molecular flexibility index (Phi) is 4.72. The van der Waals surface area contributed by atoms with E-state index >= 15 is 0 Å². The van der Waals surface area contributed by atoms with Crippen molar-refractivity contribution in [2.45, 2.75) is 51.1 Å². The van der Waals surface area contributed by atoms with Gasteiger partial charge < -0.3 is 16.0 Å². The number of carbonyl (C=O) groups excluding carboxylic acids is 2. The Bertz CT molecular complexity index is 1020. The summed E-state index contributed by atoms with van der Waals surface area (Å²) in [6, 6.07) is 12.6. The molecule has 1 aromatic carbocycles. The van der Waals surface area contributed by atoms with Crippen LogP contribution in [0.5, 0.6) is 0 Å². The maximum absolute atomic E-state index is 13.2. The fourth-order valence-electron chi connectivity index (χ4n) is 4.48. The maximum Gasteiger partial charge on any atom is 0.242 e. The second-order valence-electron chi connectivity index (χ2n) is 8.98. The second kappa shape index (κ2) is 6.97. The number of nitrogens with zero attached hydrogens (tertiary/aromatic N) is 1. The first-order valence-corrected chi connectivity index (χ1v) is 10.5. The lowest BCUT2D eigenvalue weighted by molar-refractivity contribution is -0.121. The van der Waals surface area contributed by atoms with E-state index in [2.05, 4.69) is 42.8 Å². The maximum atomic E-state index is 13.2. The molecule has 4 rings (SSSR count). The highest BCUT2D eigenvalue weighted by Crippen LogP contribution is 2.49. The van der Waals surface area contributed by atoms with E-state index in [4.69, 9.17) is 5.26 Å². The van der Waals surface area contributed by atoms with Crippen molar-refractivity contribution in [1.82, 2.24) is 5.32 Å². The van der Waals surface area contributed by atoms with Crippen molar-refractivity contribution in [3.63, 3.8) is 0 Å². The van der Waals surface area contributed by atoms with Crippen LogP contribution in [-0.4, -0.2) is 23.9 Å². The van der Waals surface area contributed by atoms with Crippen molar-refractivity contribution in [2.24, 2.45) is 5.41 Å². The van der Waals surface area contributed by atoms with Crippen LogP contribution in [0.15, 0.2) is 36.4 Å². The third kappa shape index (κ3) is 3.43. The van der Waals surface area contributed by atoms with Crippen LogP contribution in [0.1, 0.15) is 44.1 Å². The van der Waals surface area contributed by atoms with Crippen LogP contribution in [0.3, 0.4) is 0 Å². The Morgan fingerprint density at radius 1 is 1.31 bits per heavy atom. The SMILES string of the molecule is CC(C)(C)CC1NC(C(=O)Nc2ccc(C#N)s2)CC12C(=O)Nc1ccccc12. The number of benzene rings is 1. The minimum absolute atomic E-state index is 0.0106. The average Bonchev–Trinajstić information content (AvgIpc) is 3.33. The number of fused-ring (bicyclic) bond motifs is 2. The Balaban J connectivity index is 1.65. The van der Waals surface area contributed by atoms with E-state index in [0.29, 0.717) is 16.3 Å². The van der Waals surface area contributed by atoms with Crippen LogP contribution in [0.4, 0.5) is 10.7 Å². The Morgan fingerprint density at radius 3 is 2.76 bits per heavy atom. The van der Waals surface area contributed by atoms with Gasteiger partial charge in [-0.2, -0.15) is 5.26 Å². The Morgan fingerprint density at radius 2 is 2.07 bits per heavy atom. The zero-order valence-corrected chi connectivity index (χ0v) is 17.5. The van der Waals surface area contributed by atoms with Gasteiger partial charge >= 0.3 is 0 Å². The molecule has 7 heteroatoms. The third-order valence-electron chi connectivity index (χ3n) is 5.68. The summed E-state index contributed by atoms with van der Waals surface area (Å²) in [4.78, 5) is 26.8. The minimum Gasteiger partial charge on any atom is -0.325 e. The summed E-state index contributed by atoms with van der Waals surface area (Å²) in [5, 5.41) is 19.0. The van der Waals surface area contributed by atoms with Gasteiger partial charge in [-0.15, -0.1) is 11.3 Å². The molecule has 1 spiro atoms. The van der Waals surface area contributed by atoms with Gasteiger partial charge in [0, 0.05) is 11.7 Å². The molecule has 150 valence electrons. The van der Waals surface area contributed by atoms with Crippen LogP contribution >= 0.6 is 11.3 Å². The highest BCUT2D eigenvalue weighted by Gasteiger charge is 2.59. The predicted octanol–water partition coefficient (Wildman–Crippen LogP) is 3.62. The van der Waals surface area contributed by atoms with Crippen molar-refractivity contribution in [3.05, 3.63) is 46.8 Å². The first-order chi connectivity index (χ1) is 13.7. The van der Waals surface area contributed by atoms with Gasteiger partial charge in [-0.25, -0.2) is 0 Å². The van der Waals surface area contributed by atoms with Crippen LogP contribution in [0, 0.1) is 16.7 Å². The molecular formula is C22H24N4O2S. The molecule has 3 heterocycles. The van der Waals surface area contributed by atoms with Gasteiger partial charge in [0.15, 0.2) is 0 Å². The molecule has 0 aliphatic carbocycles. The molecular weight excluding hydrogens is 384 g/mol. The molecule has 0 bridgehead atoms. The third-order valence-corrected chi connectivity index (χ3v) is 6.59. The lowest BCUT2D eigenvalue weighted by atomic mass is 9.70. The Hall–Kier alpha value is -2.69. The van der Waals surface area contributed by atoms with Crippen LogP contribution in [0.2, 0.25) is 0 Å². The van der Waals surface area contributed by atoms with E-state index in [1.54, 1.807) is 12.1 Å². The highest BCUT2D eigenvalue weighted by molar-refractivity contribution is 7.16. The summed E-state index contributed by atoms with van der Waals surface area (Å²) in [5.41, 5.74) is 1.02. The van der Waals surface area contributed by atoms with Crippen molar-refractivity contribution in [1.29, 1.82) is 5.26 Å². The summed E-state index contributed by atoms with van der Waals surface area (Å²) in [5.74, 6) is -0.219. The molecule has 1 fully saturated rings. The molecule has 29 heavy (non-hydrogen) atoms. The molecule has 3 atom stereocenters. The van der Waals surface area contributed by atoms with Crippen molar-refractivity contribution < 1.29 is 9.59 Å². The second-order valence-corrected chi connectivity index (χ2v) is 10.1. The molecule has 1 saturated heterocycles. The molecule has 3 N–H and O–H groups in total. The molecule has 6 nitrogen and oxygen atoms in total.